The summed E-state index contributed by atoms with van der Waals surface area (Å²) in [5.74, 6) is 0.636. The molecular weight excluding hydrogens is 360 g/mol. The van der Waals surface area contributed by atoms with E-state index in [4.69, 9.17) is 4.74 Å². The van der Waals surface area contributed by atoms with Crippen LogP contribution >= 0.6 is 0 Å². The van der Waals surface area contributed by atoms with Crippen molar-refractivity contribution in [1.82, 2.24) is 30.0 Å². The van der Waals surface area contributed by atoms with Crippen molar-refractivity contribution in [2.24, 2.45) is 12.5 Å². The smallest absolute Gasteiger partial charge is 0.253 e. The standard InChI is InChI=1S/C19H24N6O3/c1-23-21-16(20-22-23)14-3-5-15(6-4-14)17(26)25-10-8-19(13-25)7-9-24(18(19)27)11-12-28-2/h3-6H,7-13H2,1-2H3. The average molecular weight is 384 g/mol. The van der Waals surface area contributed by atoms with Crippen LogP contribution in [0.1, 0.15) is 23.2 Å². The summed E-state index contributed by atoms with van der Waals surface area (Å²) < 4.78 is 5.09. The zero-order valence-electron chi connectivity index (χ0n) is 16.2. The predicted molar refractivity (Wildman–Crippen MR) is 100 cm³/mol. The Bertz CT molecular complexity index is 880. The van der Waals surface area contributed by atoms with Gasteiger partial charge < -0.3 is 14.5 Å². The molecule has 4 rings (SSSR count). The lowest BCUT2D eigenvalue weighted by Gasteiger charge is -2.23. The normalized spacial score (nSPS) is 21.9. The summed E-state index contributed by atoms with van der Waals surface area (Å²) in [6.45, 7) is 2.99. The van der Waals surface area contributed by atoms with Crippen LogP contribution in [0.25, 0.3) is 11.4 Å². The molecule has 9 nitrogen and oxygen atoms in total. The Labute approximate surface area is 163 Å². The zero-order valence-corrected chi connectivity index (χ0v) is 16.2. The lowest BCUT2D eigenvalue weighted by Crippen LogP contribution is -2.39. The van der Waals surface area contributed by atoms with E-state index in [-0.39, 0.29) is 11.8 Å². The van der Waals surface area contributed by atoms with E-state index in [9.17, 15) is 9.59 Å². The van der Waals surface area contributed by atoms with Gasteiger partial charge in [-0.3, -0.25) is 9.59 Å². The van der Waals surface area contributed by atoms with Crippen molar-refractivity contribution < 1.29 is 14.3 Å². The molecule has 2 aliphatic heterocycles. The second-order valence-corrected chi connectivity index (χ2v) is 7.47. The van der Waals surface area contributed by atoms with Gasteiger partial charge in [0.15, 0.2) is 0 Å². The minimum absolute atomic E-state index is 0.0429. The molecule has 2 aliphatic rings. The first-order chi connectivity index (χ1) is 13.5. The molecule has 9 heteroatoms. The third-order valence-electron chi connectivity index (χ3n) is 5.71. The average Bonchev–Trinajstić information content (AvgIpc) is 3.41. The fraction of sp³-hybridized carbons (Fsp3) is 0.526. The molecule has 1 aromatic heterocycles. The van der Waals surface area contributed by atoms with E-state index in [1.165, 1.54) is 4.80 Å². The maximum absolute atomic E-state index is 12.9. The van der Waals surface area contributed by atoms with Crippen molar-refractivity contribution in [2.45, 2.75) is 12.8 Å². The molecule has 0 bridgehead atoms. The minimum atomic E-state index is -0.424. The maximum atomic E-state index is 12.9. The zero-order chi connectivity index (χ0) is 19.7. The second kappa shape index (κ2) is 7.31. The molecule has 1 atom stereocenters. The number of rotatable bonds is 5. The van der Waals surface area contributed by atoms with Crippen molar-refractivity contribution in [3.8, 4) is 11.4 Å². The van der Waals surface area contributed by atoms with Crippen molar-refractivity contribution in [2.75, 3.05) is 39.9 Å². The van der Waals surface area contributed by atoms with Gasteiger partial charge >= 0.3 is 0 Å². The predicted octanol–water partition coefficient (Wildman–Crippen LogP) is 0.588. The molecule has 1 unspecified atom stereocenters. The molecule has 0 N–H and O–H groups in total. The Morgan fingerprint density at radius 1 is 1.21 bits per heavy atom. The van der Waals surface area contributed by atoms with Crippen LogP contribution in [0.5, 0.6) is 0 Å². The Balaban J connectivity index is 1.43. The van der Waals surface area contributed by atoms with Gasteiger partial charge in [0.25, 0.3) is 5.91 Å². The van der Waals surface area contributed by atoms with Gasteiger partial charge in [0, 0.05) is 44.4 Å². The van der Waals surface area contributed by atoms with E-state index >= 15 is 0 Å². The Morgan fingerprint density at radius 2 is 1.96 bits per heavy atom. The molecule has 28 heavy (non-hydrogen) atoms. The first-order valence-corrected chi connectivity index (χ1v) is 9.44. The first-order valence-electron chi connectivity index (χ1n) is 9.44. The number of ether oxygens (including phenoxy) is 1. The molecule has 2 saturated heterocycles. The van der Waals surface area contributed by atoms with Crippen molar-refractivity contribution in [3.63, 3.8) is 0 Å². The Kier molecular flexibility index (Phi) is 4.84. The number of nitrogens with zero attached hydrogens (tertiary/aromatic N) is 6. The van der Waals surface area contributed by atoms with Gasteiger partial charge in [0.05, 0.1) is 19.1 Å². The van der Waals surface area contributed by atoms with E-state index in [1.807, 2.05) is 17.0 Å². The van der Waals surface area contributed by atoms with Gasteiger partial charge in [-0.25, -0.2) is 0 Å². The number of hydrogen-bond donors (Lipinski definition) is 0. The van der Waals surface area contributed by atoms with Gasteiger partial charge in [0.1, 0.15) is 0 Å². The number of likely N-dealkylation sites (tertiary alicyclic amines) is 2. The largest absolute Gasteiger partial charge is 0.383 e. The number of carbonyl (C=O) groups is 2. The summed E-state index contributed by atoms with van der Waals surface area (Å²) in [7, 11) is 3.34. The highest BCUT2D eigenvalue weighted by Gasteiger charge is 2.51. The van der Waals surface area contributed by atoms with Gasteiger partial charge in [-0.05, 0) is 30.2 Å². The van der Waals surface area contributed by atoms with Crippen LogP contribution in [0.4, 0.5) is 0 Å². The fourth-order valence-corrected chi connectivity index (χ4v) is 4.08. The van der Waals surface area contributed by atoms with Crippen molar-refractivity contribution in [1.29, 1.82) is 0 Å². The van der Waals surface area contributed by atoms with Gasteiger partial charge in [-0.15, -0.1) is 10.2 Å². The second-order valence-electron chi connectivity index (χ2n) is 7.47. The Morgan fingerprint density at radius 3 is 2.64 bits per heavy atom. The molecule has 0 saturated carbocycles. The highest BCUT2D eigenvalue weighted by molar-refractivity contribution is 5.96. The van der Waals surface area contributed by atoms with Crippen LogP contribution < -0.4 is 0 Å². The summed E-state index contributed by atoms with van der Waals surface area (Å²) in [5.41, 5.74) is 0.987. The number of aryl methyl sites for hydroxylation is 1. The van der Waals surface area contributed by atoms with E-state index in [2.05, 4.69) is 15.4 Å². The number of aromatic nitrogens is 4. The molecule has 1 spiro atoms. The lowest BCUT2D eigenvalue weighted by atomic mass is 9.85. The Hall–Kier alpha value is -2.81. The molecule has 3 heterocycles. The molecule has 2 fully saturated rings. The molecule has 2 aromatic rings. The van der Waals surface area contributed by atoms with E-state index in [0.717, 1.165) is 24.9 Å². The first kappa shape index (κ1) is 18.5. The number of tetrazole rings is 1. The van der Waals surface area contributed by atoms with Crippen molar-refractivity contribution >= 4 is 11.8 Å². The quantitative estimate of drug-likeness (QED) is 0.749. The maximum Gasteiger partial charge on any atom is 0.253 e. The summed E-state index contributed by atoms with van der Waals surface area (Å²) in [6.07, 6.45) is 1.53. The van der Waals surface area contributed by atoms with E-state index in [1.54, 1.807) is 31.2 Å². The number of amides is 2. The lowest BCUT2D eigenvalue weighted by molar-refractivity contribution is -0.135. The molecule has 2 amide bonds. The number of benzene rings is 1. The molecular formula is C19H24N6O3. The number of carbonyl (C=O) groups excluding carboxylic acids is 2. The molecule has 0 aliphatic carbocycles. The van der Waals surface area contributed by atoms with Crippen molar-refractivity contribution in [3.05, 3.63) is 29.8 Å². The minimum Gasteiger partial charge on any atom is -0.383 e. The highest BCUT2D eigenvalue weighted by atomic mass is 16.5. The summed E-state index contributed by atoms with van der Waals surface area (Å²) in [6, 6.07) is 7.20. The van der Waals surface area contributed by atoms with Crippen LogP contribution in [-0.4, -0.2) is 81.7 Å². The third-order valence-corrected chi connectivity index (χ3v) is 5.71. The highest BCUT2D eigenvalue weighted by Crippen LogP contribution is 2.41. The SMILES string of the molecule is COCCN1CCC2(CCN(C(=O)c3ccc(-c4nnn(C)n4)cc3)C2)C1=O. The number of methoxy groups -OCH3 is 1. The van der Waals surface area contributed by atoms with Crippen LogP contribution in [0.15, 0.2) is 24.3 Å². The van der Waals surface area contributed by atoms with Gasteiger partial charge in [-0.2, -0.15) is 4.80 Å². The van der Waals surface area contributed by atoms with Crippen LogP contribution in [0, 0.1) is 5.41 Å². The molecule has 0 radical (unpaired) electrons. The summed E-state index contributed by atoms with van der Waals surface area (Å²) >= 11 is 0. The molecule has 1 aromatic carbocycles. The monoisotopic (exact) mass is 384 g/mol. The molecule has 148 valence electrons. The van der Waals surface area contributed by atoms with Gasteiger partial charge in [0.2, 0.25) is 11.7 Å². The number of hydrogen-bond acceptors (Lipinski definition) is 6. The fourth-order valence-electron chi connectivity index (χ4n) is 4.08. The van der Waals surface area contributed by atoms with Crippen LogP contribution in [0.2, 0.25) is 0 Å². The van der Waals surface area contributed by atoms with E-state index in [0.29, 0.717) is 37.6 Å². The summed E-state index contributed by atoms with van der Waals surface area (Å²) in [4.78, 5) is 30.8. The topological polar surface area (TPSA) is 93.4 Å². The summed E-state index contributed by atoms with van der Waals surface area (Å²) in [5, 5.41) is 12.0. The van der Waals surface area contributed by atoms with Crippen LogP contribution in [0.3, 0.4) is 0 Å². The van der Waals surface area contributed by atoms with Gasteiger partial charge in [-0.1, -0.05) is 12.1 Å². The third kappa shape index (κ3) is 3.26. The van der Waals surface area contributed by atoms with Crippen LogP contribution in [-0.2, 0) is 16.6 Å². The van der Waals surface area contributed by atoms with E-state index < -0.39 is 5.41 Å².